The first-order valence-electron chi connectivity index (χ1n) is 4.97. The Hall–Kier alpha value is -2.70. The quantitative estimate of drug-likeness (QED) is 0.641. The number of benzene rings is 1. The first-order valence-corrected chi connectivity index (χ1v) is 4.97. The molecule has 0 aliphatic rings. The van der Waals surface area contributed by atoms with E-state index in [1.54, 1.807) is 30.9 Å². The summed E-state index contributed by atoms with van der Waals surface area (Å²) in [7, 11) is 0. The highest BCUT2D eigenvalue weighted by molar-refractivity contribution is 5.60. The summed E-state index contributed by atoms with van der Waals surface area (Å²) in [4.78, 5) is 2.97. The average Bonchev–Trinajstić information content (AvgIpc) is 3.03. The number of nitrogens with two attached hydrogens (primary N) is 1. The minimum atomic E-state index is 0.595. The SMILES string of the molecule is Nc1ccc(-n2nccn2)cc1-n1nccn1. The normalized spacial score (nSPS) is 10.6. The molecule has 0 bridgehead atoms. The van der Waals surface area contributed by atoms with Crippen LogP contribution < -0.4 is 5.73 Å². The summed E-state index contributed by atoms with van der Waals surface area (Å²) in [6, 6.07) is 5.44. The smallest absolute Gasteiger partial charge is 0.111 e. The Bertz CT molecular complexity index is 612. The van der Waals surface area contributed by atoms with Gasteiger partial charge in [0, 0.05) is 0 Å². The molecule has 3 aromatic rings. The monoisotopic (exact) mass is 227 g/mol. The molecule has 0 radical (unpaired) electrons. The molecule has 84 valence electrons. The van der Waals surface area contributed by atoms with Crippen LogP contribution in [0.2, 0.25) is 0 Å². The van der Waals surface area contributed by atoms with Gasteiger partial charge in [-0.2, -0.15) is 25.2 Å². The molecule has 7 nitrogen and oxygen atoms in total. The number of anilines is 1. The highest BCUT2D eigenvalue weighted by atomic mass is 15.5. The Labute approximate surface area is 96.5 Å². The van der Waals surface area contributed by atoms with Gasteiger partial charge in [0.1, 0.15) is 5.69 Å². The Morgan fingerprint density at radius 2 is 1.41 bits per heavy atom. The molecule has 0 aliphatic carbocycles. The van der Waals surface area contributed by atoms with Crippen LogP contribution in [-0.4, -0.2) is 30.0 Å². The van der Waals surface area contributed by atoms with Gasteiger partial charge in [-0.1, -0.05) is 0 Å². The van der Waals surface area contributed by atoms with Gasteiger partial charge in [-0.25, -0.2) is 0 Å². The summed E-state index contributed by atoms with van der Waals surface area (Å²) in [5, 5.41) is 16.2. The fourth-order valence-electron chi connectivity index (χ4n) is 1.52. The van der Waals surface area contributed by atoms with E-state index in [-0.39, 0.29) is 0 Å². The van der Waals surface area contributed by atoms with E-state index in [2.05, 4.69) is 20.4 Å². The minimum Gasteiger partial charge on any atom is -0.397 e. The molecule has 3 rings (SSSR count). The van der Waals surface area contributed by atoms with E-state index in [1.807, 2.05) is 12.1 Å². The van der Waals surface area contributed by atoms with Crippen molar-refractivity contribution in [2.45, 2.75) is 0 Å². The third kappa shape index (κ3) is 1.63. The van der Waals surface area contributed by atoms with Crippen LogP contribution in [0.4, 0.5) is 5.69 Å². The summed E-state index contributed by atoms with van der Waals surface area (Å²) in [5.41, 5.74) is 7.98. The van der Waals surface area contributed by atoms with Gasteiger partial charge in [0.25, 0.3) is 0 Å². The molecule has 7 heteroatoms. The van der Waals surface area contributed by atoms with Gasteiger partial charge in [-0.3, -0.25) is 0 Å². The maximum Gasteiger partial charge on any atom is 0.111 e. The largest absolute Gasteiger partial charge is 0.397 e. The Kier molecular flexibility index (Phi) is 2.08. The van der Waals surface area contributed by atoms with Crippen LogP contribution in [0, 0.1) is 0 Å². The molecule has 0 fully saturated rings. The molecule has 0 amide bonds. The fourth-order valence-corrected chi connectivity index (χ4v) is 1.52. The molecule has 1 aromatic carbocycles. The van der Waals surface area contributed by atoms with Crippen molar-refractivity contribution in [2.24, 2.45) is 0 Å². The molecular weight excluding hydrogens is 218 g/mol. The molecule has 2 aromatic heterocycles. The highest BCUT2D eigenvalue weighted by Gasteiger charge is 2.06. The van der Waals surface area contributed by atoms with Crippen LogP contribution in [0.1, 0.15) is 0 Å². The van der Waals surface area contributed by atoms with E-state index in [1.165, 1.54) is 9.59 Å². The second kappa shape index (κ2) is 3.71. The van der Waals surface area contributed by atoms with Crippen LogP contribution >= 0.6 is 0 Å². The number of hydrogen-bond acceptors (Lipinski definition) is 5. The molecule has 0 saturated carbocycles. The maximum absolute atomic E-state index is 5.88. The van der Waals surface area contributed by atoms with Crippen molar-refractivity contribution in [3.8, 4) is 11.4 Å². The predicted octanol–water partition coefficient (Wildman–Crippen LogP) is 0.430. The molecule has 2 N–H and O–H groups in total. The standard InChI is InChI=1S/C10H9N7/c11-9-2-1-8(16-12-3-4-13-16)7-10(9)17-14-5-6-15-17/h1-7H,11H2. The van der Waals surface area contributed by atoms with Crippen LogP contribution in [-0.2, 0) is 0 Å². The molecule has 2 heterocycles. The number of rotatable bonds is 2. The predicted molar refractivity (Wildman–Crippen MR) is 60.7 cm³/mol. The van der Waals surface area contributed by atoms with Crippen LogP contribution in [0.15, 0.2) is 43.0 Å². The van der Waals surface area contributed by atoms with Gasteiger partial charge < -0.3 is 5.73 Å². The van der Waals surface area contributed by atoms with E-state index in [0.717, 1.165) is 5.69 Å². The number of hydrogen-bond donors (Lipinski definition) is 1. The van der Waals surface area contributed by atoms with Gasteiger partial charge >= 0.3 is 0 Å². The number of nitrogen functional groups attached to an aromatic ring is 1. The maximum atomic E-state index is 5.88. The van der Waals surface area contributed by atoms with Gasteiger partial charge in [0.05, 0.1) is 36.2 Å². The molecule has 0 saturated heterocycles. The number of aromatic nitrogens is 6. The zero-order valence-electron chi connectivity index (χ0n) is 8.80. The lowest BCUT2D eigenvalue weighted by molar-refractivity contribution is 0.734. The zero-order chi connectivity index (χ0) is 11.7. The topological polar surface area (TPSA) is 87.4 Å². The second-order valence-corrected chi connectivity index (χ2v) is 3.38. The lowest BCUT2D eigenvalue weighted by Crippen LogP contribution is -2.06. The van der Waals surface area contributed by atoms with E-state index in [4.69, 9.17) is 5.73 Å². The first-order chi connectivity index (χ1) is 8.34. The van der Waals surface area contributed by atoms with Gasteiger partial charge in [-0.15, -0.1) is 4.80 Å². The summed E-state index contributed by atoms with van der Waals surface area (Å²) >= 11 is 0. The van der Waals surface area contributed by atoms with Gasteiger partial charge in [0.2, 0.25) is 0 Å². The molecule has 0 unspecified atom stereocenters. The third-order valence-corrected chi connectivity index (χ3v) is 2.30. The summed E-state index contributed by atoms with van der Waals surface area (Å²) in [6.07, 6.45) is 6.42. The van der Waals surface area contributed by atoms with E-state index in [0.29, 0.717) is 11.4 Å². The van der Waals surface area contributed by atoms with Crippen molar-refractivity contribution in [3.63, 3.8) is 0 Å². The molecule has 17 heavy (non-hydrogen) atoms. The van der Waals surface area contributed by atoms with Crippen molar-refractivity contribution in [3.05, 3.63) is 43.0 Å². The lowest BCUT2D eigenvalue weighted by Gasteiger charge is -2.06. The van der Waals surface area contributed by atoms with E-state index < -0.39 is 0 Å². The van der Waals surface area contributed by atoms with E-state index in [9.17, 15) is 0 Å². The first kappa shape index (κ1) is 9.52. The Morgan fingerprint density at radius 3 is 2.06 bits per heavy atom. The molecular formula is C10H9N7. The third-order valence-electron chi connectivity index (χ3n) is 2.30. The lowest BCUT2D eigenvalue weighted by atomic mass is 10.2. The van der Waals surface area contributed by atoms with Crippen molar-refractivity contribution in [1.82, 2.24) is 30.0 Å². The molecule has 0 aliphatic heterocycles. The van der Waals surface area contributed by atoms with Gasteiger partial charge in [0.15, 0.2) is 0 Å². The van der Waals surface area contributed by atoms with E-state index >= 15 is 0 Å². The highest BCUT2D eigenvalue weighted by Crippen LogP contribution is 2.18. The summed E-state index contributed by atoms with van der Waals surface area (Å²) in [5.74, 6) is 0. The molecule has 0 atom stereocenters. The second-order valence-electron chi connectivity index (χ2n) is 3.38. The van der Waals surface area contributed by atoms with Crippen LogP contribution in [0.3, 0.4) is 0 Å². The minimum absolute atomic E-state index is 0.595. The molecule has 0 spiro atoms. The fraction of sp³-hybridized carbons (Fsp3) is 0. The van der Waals surface area contributed by atoms with Crippen molar-refractivity contribution >= 4 is 5.69 Å². The zero-order valence-corrected chi connectivity index (χ0v) is 8.80. The van der Waals surface area contributed by atoms with Crippen molar-refractivity contribution < 1.29 is 0 Å². The van der Waals surface area contributed by atoms with Crippen LogP contribution in [0.5, 0.6) is 0 Å². The summed E-state index contributed by atoms with van der Waals surface area (Å²) < 4.78 is 0. The van der Waals surface area contributed by atoms with Crippen molar-refractivity contribution in [1.29, 1.82) is 0 Å². The van der Waals surface area contributed by atoms with Crippen LogP contribution in [0.25, 0.3) is 11.4 Å². The Balaban J connectivity index is 2.13. The average molecular weight is 227 g/mol. The Morgan fingerprint density at radius 1 is 0.824 bits per heavy atom. The van der Waals surface area contributed by atoms with Gasteiger partial charge in [-0.05, 0) is 18.2 Å². The number of nitrogens with zero attached hydrogens (tertiary/aromatic N) is 6. The summed E-state index contributed by atoms with van der Waals surface area (Å²) in [6.45, 7) is 0. The van der Waals surface area contributed by atoms with Crippen molar-refractivity contribution in [2.75, 3.05) is 5.73 Å².